The highest BCUT2D eigenvalue weighted by atomic mass is 16.5. The van der Waals surface area contributed by atoms with Crippen molar-refractivity contribution >= 4 is 5.84 Å². The molecule has 0 amide bonds. The highest BCUT2D eigenvalue weighted by Gasteiger charge is 2.05. The summed E-state index contributed by atoms with van der Waals surface area (Å²) < 4.78 is 5.84. The molecular weight excluding hydrogens is 336 g/mol. The Labute approximate surface area is 166 Å². The predicted octanol–water partition coefficient (Wildman–Crippen LogP) is 3.86. The van der Waals surface area contributed by atoms with Crippen LogP contribution in [0.25, 0.3) is 0 Å². The number of hydrogen-bond acceptors (Lipinski definition) is 4. The Balaban J connectivity index is 2.23. The smallest absolute Gasteiger partial charge is 0.105 e. The fourth-order valence-electron chi connectivity index (χ4n) is 3.22. The zero-order chi connectivity index (χ0) is 19.9. The third kappa shape index (κ3) is 11.1. The summed E-state index contributed by atoms with van der Waals surface area (Å²) in [5, 5.41) is 7.43. The van der Waals surface area contributed by atoms with Gasteiger partial charge in [-0.3, -0.25) is 10.3 Å². The summed E-state index contributed by atoms with van der Waals surface area (Å²) in [5.41, 5.74) is 7.96. The molecule has 0 aromatic heterocycles. The molecule has 0 bridgehead atoms. The lowest BCUT2D eigenvalue weighted by Gasteiger charge is -2.20. The Kier molecular flexibility index (Phi) is 12.8. The molecule has 0 spiro atoms. The van der Waals surface area contributed by atoms with E-state index in [0.717, 1.165) is 26.1 Å². The molecule has 1 aromatic rings. The van der Waals surface area contributed by atoms with E-state index >= 15 is 0 Å². The molecule has 0 atom stereocenters. The summed E-state index contributed by atoms with van der Waals surface area (Å²) in [6.45, 7) is 13.9. The fourth-order valence-corrected chi connectivity index (χ4v) is 3.22. The summed E-state index contributed by atoms with van der Waals surface area (Å²) >= 11 is 0. The second-order valence-electron chi connectivity index (χ2n) is 7.25. The van der Waals surface area contributed by atoms with Crippen molar-refractivity contribution < 1.29 is 4.74 Å². The van der Waals surface area contributed by atoms with Crippen molar-refractivity contribution in [3.05, 3.63) is 35.4 Å². The normalized spacial score (nSPS) is 11.4. The first-order valence-corrected chi connectivity index (χ1v) is 10.5. The Morgan fingerprint density at radius 3 is 2.11 bits per heavy atom. The Bertz CT molecular complexity index is 498. The van der Waals surface area contributed by atoms with E-state index in [2.05, 4.69) is 54.8 Å². The minimum Gasteiger partial charge on any atom is -0.387 e. The maximum absolute atomic E-state index is 7.43. The number of amidine groups is 1. The lowest BCUT2D eigenvalue weighted by molar-refractivity contribution is 0.114. The predicted molar refractivity (Wildman–Crippen MR) is 115 cm³/mol. The van der Waals surface area contributed by atoms with Crippen molar-refractivity contribution in [2.24, 2.45) is 5.73 Å². The first-order valence-electron chi connectivity index (χ1n) is 10.5. The van der Waals surface area contributed by atoms with E-state index in [4.69, 9.17) is 15.9 Å². The molecule has 0 fully saturated rings. The van der Waals surface area contributed by atoms with E-state index in [-0.39, 0.29) is 5.84 Å². The van der Waals surface area contributed by atoms with Gasteiger partial charge in [-0.05, 0) is 63.0 Å². The number of benzene rings is 1. The van der Waals surface area contributed by atoms with E-state index in [1.165, 1.54) is 50.0 Å². The van der Waals surface area contributed by atoms with E-state index in [9.17, 15) is 0 Å². The van der Waals surface area contributed by atoms with Crippen LogP contribution in [-0.2, 0) is 17.9 Å². The summed E-state index contributed by atoms with van der Waals surface area (Å²) in [5.74, 6) is 0.217. The summed E-state index contributed by atoms with van der Waals surface area (Å²) in [7, 11) is 0. The quantitative estimate of drug-likeness (QED) is 0.261. The van der Waals surface area contributed by atoms with Crippen LogP contribution >= 0.6 is 0 Å². The van der Waals surface area contributed by atoms with Crippen molar-refractivity contribution in [1.82, 2.24) is 9.80 Å². The van der Waals surface area contributed by atoms with Crippen LogP contribution in [0.15, 0.2) is 24.3 Å². The summed E-state index contributed by atoms with van der Waals surface area (Å²) in [6, 6.07) is 8.58. The second kappa shape index (κ2) is 14.6. The monoisotopic (exact) mass is 376 g/mol. The van der Waals surface area contributed by atoms with Gasteiger partial charge in [0.25, 0.3) is 0 Å². The number of nitrogens with zero attached hydrogens (tertiary/aromatic N) is 2. The van der Waals surface area contributed by atoms with E-state index in [0.29, 0.717) is 13.2 Å². The van der Waals surface area contributed by atoms with Gasteiger partial charge in [-0.25, -0.2) is 0 Å². The van der Waals surface area contributed by atoms with Crippen LogP contribution in [0.2, 0.25) is 0 Å². The van der Waals surface area contributed by atoms with E-state index < -0.39 is 0 Å². The van der Waals surface area contributed by atoms with Crippen molar-refractivity contribution in [2.75, 3.05) is 39.3 Å². The molecular formula is C22H40N4O. The summed E-state index contributed by atoms with van der Waals surface area (Å²) in [4.78, 5) is 4.72. The fraction of sp³-hybridized carbons (Fsp3) is 0.682. The molecule has 27 heavy (non-hydrogen) atoms. The number of nitrogens with one attached hydrogen (secondary N) is 1. The zero-order valence-corrected chi connectivity index (χ0v) is 17.7. The van der Waals surface area contributed by atoms with Gasteiger partial charge in [-0.2, -0.15) is 0 Å². The molecule has 5 nitrogen and oxygen atoms in total. The van der Waals surface area contributed by atoms with Gasteiger partial charge in [0, 0.05) is 13.2 Å². The average molecular weight is 377 g/mol. The number of nitrogens with two attached hydrogens (primary N) is 1. The number of ether oxygens (including phenoxy) is 1. The third-order valence-electron chi connectivity index (χ3n) is 4.63. The highest BCUT2D eigenvalue weighted by molar-refractivity contribution is 5.78. The van der Waals surface area contributed by atoms with Gasteiger partial charge < -0.3 is 15.4 Å². The van der Waals surface area contributed by atoms with Crippen LogP contribution in [0.3, 0.4) is 0 Å². The molecule has 0 saturated carbocycles. The first kappa shape index (κ1) is 23.6. The molecule has 154 valence electrons. The minimum atomic E-state index is 0.217. The minimum absolute atomic E-state index is 0.217. The third-order valence-corrected chi connectivity index (χ3v) is 4.63. The van der Waals surface area contributed by atoms with Gasteiger partial charge in [0.2, 0.25) is 0 Å². The van der Waals surface area contributed by atoms with Crippen molar-refractivity contribution in [3.63, 3.8) is 0 Å². The van der Waals surface area contributed by atoms with Crippen molar-refractivity contribution in [2.45, 2.75) is 59.6 Å². The van der Waals surface area contributed by atoms with Gasteiger partial charge in [0.05, 0.1) is 13.2 Å². The molecule has 0 aliphatic heterocycles. The van der Waals surface area contributed by atoms with Crippen molar-refractivity contribution in [1.29, 1.82) is 5.41 Å². The SMILES string of the molecule is CCCN(CCC)CCCCOCc1ccc(CN(CC)CC(=N)N)cc1. The molecule has 0 aliphatic carbocycles. The van der Waals surface area contributed by atoms with Crippen LogP contribution in [0, 0.1) is 5.41 Å². The standard InChI is InChI=1S/C22H40N4O/c1-4-13-26(14-5-2)15-7-8-16-27-19-21-11-9-20(10-12-21)17-25(6-3)18-22(23)24/h9-12H,4-8,13-19H2,1-3H3,(H3,23,24). The van der Waals surface area contributed by atoms with Gasteiger partial charge >= 0.3 is 0 Å². The van der Waals surface area contributed by atoms with E-state index in [1.54, 1.807) is 0 Å². The maximum atomic E-state index is 7.43. The van der Waals surface area contributed by atoms with E-state index in [1.807, 2.05) is 0 Å². The lowest BCUT2D eigenvalue weighted by Crippen LogP contribution is -2.32. The largest absolute Gasteiger partial charge is 0.387 e. The Morgan fingerprint density at radius 2 is 1.56 bits per heavy atom. The topological polar surface area (TPSA) is 65.6 Å². The molecule has 0 heterocycles. The number of rotatable bonds is 16. The van der Waals surface area contributed by atoms with Crippen LogP contribution in [0.1, 0.15) is 57.6 Å². The van der Waals surface area contributed by atoms with Gasteiger partial charge in [0.1, 0.15) is 5.84 Å². The van der Waals surface area contributed by atoms with Gasteiger partial charge in [-0.15, -0.1) is 0 Å². The van der Waals surface area contributed by atoms with Gasteiger partial charge in [0.15, 0.2) is 0 Å². The van der Waals surface area contributed by atoms with Gasteiger partial charge in [-0.1, -0.05) is 45.0 Å². The average Bonchev–Trinajstić information content (AvgIpc) is 2.65. The molecule has 5 heteroatoms. The second-order valence-corrected chi connectivity index (χ2v) is 7.25. The molecule has 3 N–H and O–H groups in total. The van der Waals surface area contributed by atoms with Crippen LogP contribution in [-0.4, -0.2) is 55.0 Å². The molecule has 0 aliphatic rings. The maximum Gasteiger partial charge on any atom is 0.105 e. The number of hydrogen-bond donors (Lipinski definition) is 2. The number of likely N-dealkylation sites (N-methyl/N-ethyl adjacent to an activating group) is 1. The molecule has 1 aromatic carbocycles. The van der Waals surface area contributed by atoms with Crippen LogP contribution in [0.4, 0.5) is 0 Å². The lowest BCUT2D eigenvalue weighted by atomic mass is 10.1. The number of unbranched alkanes of at least 4 members (excludes halogenated alkanes) is 1. The first-order chi connectivity index (χ1) is 13.1. The molecule has 1 rings (SSSR count). The molecule has 0 saturated heterocycles. The van der Waals surface area contributed by atoms with Crippen molar-refractivity contribution in [3.8, 4) is 0 Å². The van der Waals surface area contributed by atoms with Crippen LogP contribution < -0.4 is 5.73 Å². The molecule has 0 unspecified atom stereocenters. The van der Waals surface area contributed by atoms with Crippen LogP contribution in [0.5, 0.6) is 0 Å². The highest BCUT2D eigenvalue weighted by Crippen LogP contribution is 2.09. The Hall–Kier alpha value is -1.43. The Morgan fingerprint density at radius 1 is 0.926 bits per heavy atom. The zero-order valence-electron chi connectivity index (χ0n) is 17.7. The molecule has 0 radical (unpaired) electrons. The summed E-state index contributed by atoms with van der Waals surface area (Å²) in [6.07, 6.45) is 4.80.